The van der Waals surface area contributed by atoms with Crippen LogP contribution in [0.2, 0.25) is 10.0 Å². The number of hydrogen-bond acceptors (Lipinski definition) is 1. The van der Waals surface area contributed by atoms with E-state index in [2.05, 4.69) is 0 Å². The molecule has 0 saturated heterocycles. The monoisotopic (exact) mass is 318 g/mol. The van der Waals surface area contributed by atoms with Crippen molar-refractivity contribution in [3.05, 3.63) is 63.4 Å². The van der Waals surface area contributed by atoms with Crippen LogP contribution in [0, 0.1) is 5.82 Å². The molecule has 1 unspecified atom stereocenters. The first-order valence-electron chi connectivity index (χ1n) is 5.46. The van der Waals surface area contributed by atoms with Crippen molar-refractivity contribution in [2.45, 2.75) is 5.38 Å². The molecule has 0 radical (unpaired) electrons. The second-order valence-corrected chi connectivity index (χ2v) is 5.14. The van der Waals surface area contributed by atoms with E-state index in [9.17, 15) is 4.39 Å². The van der Waals surface area contributed by atoms with Gasteiger partial charge in [-0.15, -0.1) is 11.6 Å². The van der Waals surface area contributed by atoms with E-state index in [0.717, 1.165) is 0 Å². The normalized spacial score (nSPS) is 12.3. The van der Waals surface area contributed by atoms with Crippen LogP contribution in [0.25, 0.3) is 0 Å². The Bertz CT molecular complexity index is 601. The van der Waals surface area contributed by atoms with Gasteiger partial charge in [0.2, 0.25) is 0 Å². The number of methoxy groups -OCH3 is 1. The van der Waals surface area contributed by atoms with Crippen LogP contribution in [-0.2, 0) is 0 Å². The summed E-state index contributed by atoms with van der Waals surface area (Å²) in [5, 5.41) is -0.115. The van der Waals surface area contributed by atoms with Crippen LogP contribution >= 0.6 is 34.8 Å². The number of halogens is 4. The summed E-state index contributed by atoms with van der Waals surface area (Å²) >= 11 is 18.3. The van der Waals surface area contributed by atoms with Gasteiger partial charge >= 0.3 is 0 Å². The largest absolute Gasteiger partial charge is 0.496 e. The molecule has 0 amide bonds. The van der Waals surface area contributed by atoms with E-state index >= 15 is 0 Å². The highest BCUT2D eigenvalue weighted by Crippen LogP contribution is 2.39. The fraction of sp³-hybridized carbons (Fsp3) is 0.143. The van der Waals surface area contributed by atoms with E-state index in [0.29, 0.717) is 21.9 Å². The Morgan fingerprint density at radius 2 is 1.84 bits per heavy atom. The van der Waals surface area contributed by atoms with Gasteiger partial charge in [0.15, 0.2) is 0 Å². The molecule has 0 heterocycles. The lowest BCUT2D eigenvalue weighted by molar-refractivity contribution is 0.410. The van der Waals surface area contributed by atoms with Crippen molar-refractivity contribution in [2.75, 3.05) is 7.11 Å². The van der Waals surface area contributed by atoms with Gasteiger partial charge < -0.3 is 4.74 Å². The maximum Gasteiger partial charge on any atom is 0.142 e. The smallest absolute Gasteiger partial charge is 0.142 e. The molecule has 5 heteroatoms. The van der Waals surface area contributed by atoms with E-state index in [4.69, 9.17) is 39.5 Å². The van der Waals surface area contributed by atoms with E-state index in [1.165, 1.54) is 13.2 Å². The highest BCUT2D eigenvalue weighted by atomic mass is 35.5. The summed E-state index contributed by atoms with van der Waals surface area (Å²) in [5.74, 6) is 0.0653. The van der Waals surface area contributed by atoms with Crippen LogP contribution in [0.1, 0.15) is 16.5 Å². The molecule has 2 rings (SSSR count). The summed E-state index contributed by atoms with van der Waals surface area (Å²) in [6, 6.07) is 9.59. The second kappa shape index (κ2) is 6.00. The van der Waals surface area contributed by atoms with E-state index in [-0.39, 0.29) is 5.02 Å². The zero-order valence-corrected chi connectivity index (χ0v) is 12.2. The Morgan fingerprint density at radius 1 is 1.11 bits per heavy atom. The molecule has 1 nitrogen and oxygen atoms in total. The molecule has 100 valence electrons. The van der Waals surface area contributed by atoms with Gasteiger partial charge in [-0.1, -0.05) is 35.3 Å². The topological polar surface area (TPSA) is 9.23 Å². The summed E-state index contributed by atoms with van der Waals surface area (Å²) in [7, 11) is 1.53. The average Bonchev–Trinajstić information content (AvgIpc) is 2.41. The molecule has 0 spiro atoms. The van der Waals surface area contributed by atoms with E-state index in [1.807, 2.05) is 0 Å². The van der Waals surface area contributed by atoms with Crippen LogP contribution in [0.5, 0.6) is 5.75 Å². The molecule has 2 aromatic rings. The fourth-order valence-corrected chi connectivity index (χ4v) is 2.61. The van der Waals surface area contributed by atoms with Gasteiger partial charge in [-0.2, -0.15) is 0 Å². The Balaban J connectivity index is 2.52. The Kier molecular flexibility index (Phi) is 4.56. The number of ether oxygens (including phenoxy) is 1. The zero-order chi connectivity index (χ0) is 14.0. The molecular formula is C14H10Cl3FO. The second-order valence-electron chi connectivity index (χ2n) is 3.89. The third kappa shape index (κ3) is 2.97. The minimum Gasteiger partial charge on any atom is -0.496 e. The van der Waals surface area contributed by atoms with Crippen molar-refractivity contribution >= 4 is 34.8 Å². The summed E-state index contributed by atoms with van der Waals surface area (Å²) in [6.45, 7) is 0. The summed E-state index contributed by atoms with van der Waals surface area (Å²) in [4.78, 5) is 0. The summed E-state index contributed by atoms with van der Waals surface area (Å²) in [6.07, 6.45) is 0. The third-order valence-corrected chi connectivity index (χ3v) is 3.82. The Hall–Kier alpha value is -0.960. The molecular weight excluding hydrogens is 310 g/mol. The minimum absolute atomic E-state index is 0.00419. The third-order valence-electron chi connectivity index (χ3n) is 2.72. The molecule has 0 aliphatic rings. The van der Waals surface area contributed by atoms with Gasteiger partial charge in [-0.05, 0) is 29.8 Å². The molecule has 0 bridgehead atoms. The van der Waals surface area contributed by atoms with Crippen molar-refractivity contribution in [2.24, 2.45) is 0 Å². The highest BCUT2D eigenvalue weighted by Gasteiger charge is 2.20. The lowest BCUT2D eigenvalue weighted by Gasteiger charge is -2.16. The molecule has 0 N–H and O–H groups in total. The summed E-state index contributed by atoms with van der Waals surface area (Å²) < 4.78 is 18.7. The number of rotatable bonds is 3. The van der Waals surface area contributed by atoms with Gasteiger partial charge in [0.05, 0.1) is 17.5 Å². The predicted octanol–water partition coefficient (Wildman–Crippen LogP) is 5.47. The maximum atomic E-state index is 13.5. The SMILES string of the molecule is COc1ccc(Cl)cc1C(Cl)c1cccc(F)c1Cl. The van der Waals surface area contributed by atoms with Crippen molar-refractivity contribution in [3.63, 3.8) is 0 Å². The minimum atomic E-state index is -0.642. The molecule has 0 fully saturated rings. The van der Waals surface area contributed by atoms with Gasteiger partial charge in [0, 0.05) is 10.6 Å². The molecule has 19 heavy (non-hydrogen) atoms. The van der Waals surface area contributed by atoms with Crippen LogP contribution in [0.15, 0.2) is 36.4 Å². The lowest BCUT2D eigenvalue weighted by Crippen LogP contribution is -1.99. The average molecular weight is 320 g/mol. The van der Waals surface area contributed by atoms with Crippen LogP contribution in [0.3, 0.4) is 0 Å². The van der Waals surface area contributed by atoms with Gasteiger partial charge in [-0.3, -0.25) is 0 Å². The van der Waals surface area contributed by atoms with E-state index < -0.39 is 11.2 Å². The first kappa shape index (κ1) is 14.4. The van der Waals surface area contributed by atoms with Crippen LogP contribution in [0.4, 0.5) is 4.39 Å². The Morgan fingerprint density at radius 3 is 2.53 bits per heavy atom. The maximum absolute atomic E-state index is 13.5. The highest BCUT2D eigenvalue weighted by molar-refractivity contribution is 6.33. The number of alkyl halides is 1. The van der Waals surface area contributed by atoms with E-state index in [1.54, 1.807) is 30.3 Å². The Labute approximate surface area is 125 Å². The van der Waals surface area contributed by atoms with Crippen molar-refractivity contribution < 1.29 is 9.13 Å². The molecule has 0 aliphatic heterocycles. The van der Waals surface area contributed by atoms with Gasteiger partial charge in [0.25, 0.3) is 0 Å². The van der Waals surface area contributed by atoms with Crippen molar-refractivity contribution in [1.82, 2.24) is 0 Å². The van der Waals surface area contributed by atoms with Crippen molar-refractivity contribution in [1.29, 1.82) is 0 Å². The number of hydrogen-bond donors (Lipinski definition) is 0. The fourth-order valence-electron chi connectivity index (χ4n) is 1.79. The predicted molar refractivity (Wildman–Crippen MR) is 77.1 cm³/mol. The number of benzene rings is 2. The summed E-state index contributed by atoms with van der Waals surface area (Å²) in [5.41, 5.74) is 1.12. The first-order chi connectivity index (χ1) is 9.04. The lowest BCUT2D eigenvalue weighted by atomic mass is 10.0. The molecule has 0 saturated carbocycles. The molecule has 0 aliphatic carbocycles. The van der Waals surface area contributed by atoms with Crippen molar-refractivity contribution in [3.8, 4) is 5.75 Å². The zero-order valence-electron chi connectivity index (χ0n) is 9.96. The van der Waals surface area contributed by atoms with Crippen LogP contribution < -0.4 is 4.74 Å². The quantitative estimate of drug-likeness (QED) is 0.682. The van der Waals surface area contributed by atoms with Crippen LogP contribution in [-0.4, -0.2) is 7.11 Å². The molecule has 2 aromatic carbocycles. The molecule has 0 aromatic heterocycles. The van der Waals surface area contributed by atoms with Gasteiger partial charge in [0.1, 0.15) is 11.6 Å². The standard InChI is InChI=1S/C14H10Cl3FO/c1-19-12-6-5-8(15)7-10(12)13(16)9-3-2-4-11(18)14(9)17/h2-7,13H,1H3. The first-order valence-corrected chi connectivity index (χ1v) is 6.65. The van der Waals surface area contributed by atoms with Gasteiger partial charge in [-0.25, -0.2) is 4.39 Å². The molecule has 1 atom stereocenters.